The number of amides is 1. The van der Waals surface area contributed by atoms with Crippen LogP contribution in [0.1, 0.15) is 58.6 Å². The topological polar surface area (TPSA) is 48.0 Å². The van der Waals surface area contributed by atoms with Crippen molar-refractivity contribution in [3.8, 4) is 17.2 Å². The van der Waals surface area contributed by atoms with E-state index in [1.54, 1.807) is 7.11 Å². The first-order valence-electron chi connectivity index (χ1n) is 11.7. The van der Waals surface area contributed by atoms with Gasteiger partial charge in [0.25, 0.3) is 0 Å². The van der Waals surface area contributed by atoms with Gasteiger partial charge in [0, 0.05) is 25.9 Å². The number of methoxy groups -OCH3 is 1. The summed E-state index contributed by atoms with van der Waals surface area (Å²) < 4.78 is 17.0. The second-order valence-corrected chi connectivity index (χ2v) is 9.16. The average molecular weight is 456 g/mol. The Morgan fingerprint density at radius 1 is 1.06 bits per heavy atom. The van der Waals surface area contributed by atoms with Crippen LogP contribution in [-0.4, -0.2) is 37.7 Å². The smallest absolute Gasteiger partial charge is 0.223 e. The molecule has 0 bridgehead atoms. The lowest BCUT2D eigenvalue weighted by Crippen LogP contribution is -2.34. The average Bonchev–Trinajstić information content (AvgIpc) is 3.02. The Balaban J connectivity index is 0.00000385. The number of nitrogens with zero attached hydrogens (tertiary/aromatic N) is 1. The molecule has 1 aliphatic heterocycles. The van der Waals surface area contributed by atoms with Crippen molar-refractivity contribution in [1.29, 1.82) is 0 Å². The zero-order valence-corrected chi connectivity index (χ0v) is 19.9. The summed E-state index contributed by atoms with van der Waals surface area (Å²) >= 11 is 0. The van der Waals surface area contributed by atoms with Gasteiger partial charge in [-0.15, -0.1) is 0 Å². The Labute approximate surface area is 200 Å². The Kier molecular flexibility index (Phi) is 10.6. The Morgan fingerprint density at radius 2 is 1.79 bits per heavy atom. The lowest BCUT2D eigenvalue weighted by atomic mass is 9.97. The van der Waals surface area contributed by atoms with Crippen LogP contribution < -0.4 is 14.2 Å². The number of aryl methyl sites for hydroxylation is 1. The van der Waals surface area contributed by atoms with E-state index in [1.807, 2.05) is 41.3 Å². The second-order valence-electron chi connectivity index (χ2n) is 9.16. The molecule has 0 N–H and O–H groups in total. The van der Waals surface area contributed by atoms with Crippen molar-refractivity contribution in [2.75, 3.05) is 26.9 Å². The van der Waals surface area contributed by atoms with Crippen molar-refractivity contribution in [2.45, 2.75) is 60.4 Å². The van der Waals surface area contributed by atoms with E-state index in [9.17, 15) is 4.79 Å². The highest BCUT2D eigenvalue weighted by atomic mass is 16.5. The van der Waals surface area contributed by atoms with Crippen molar-refractivity contribution in [1.82, 2.24) is 4.90 Å². The molecule has 1 heterocycles. The van der Waals surface area contributed by atoms with E-state index in [-0.39, 0.29) is 13.3 Å². The van der Waals surface area contributed by atoms with Gasteiger partial charge in [-0.25, -0.2) is 0 Å². The van der Waals surface area contributed by atoms with Crippen molar-refractivity contribution < 1.29 is 19.0 Å². The predicted molar refractivity (Wildman–Crippen MR) is 134 cm³/mol. The number of benzene rings is 2. The highest BCUT2D eigenvalue weighted by Crippen LogP contribution is 2.31. The number of carbonyl (C=O) groups is 1. The molecule has 5 heteroatoms. The maximum absolute atomic E-state index is 13.2. The van der Waals surface area contributed by atoms with E-state index in [2.05, 4.69) is 26.8 Å². The molecule has 1 amide bonds. The maximum atomic E-state index is 13.2. The van der Waals surface area contributed by atoms with Gasteiger partial charge in [0.2, 0.25) is 5.91 Å². The van der Waals surface area contributed by atoms with Gasteiger partial charge in [0.15, 0.2) is 11.5 Å². The third-order valence-electron chi connectivity index (χ3n) is 5.75. The third kappa shape index (κ3) is 7.99. The number of fused-ring (bicyclic) bond motifs is 1. The molecule has 1 atom stereocenters. The minimum atomic E-state index is 0. The van der Waals surface area contributed by atoms with Gasteiger partial charge >= 0.3 is 0 Å². The molecule has 182 valence electrons. The molecule has 1 aliphatic rings. The molecule has 5 nitrogen and oxygen atoms in total. The quantitative estimate of drug-likeness (QED) is 0.432. The molecule has 0 radical (unpaired) electrons. The summed E-state index contributed by atoms with van der Waals surface area (Å²) in [6, 6.07) is 14.1. The summed E-state index contributed by atoms with van der Waals surface area (Å²) in [7, 11) is 1.70. The number of ether oxygens (including phenoxy) is 3. The van der Waals surface area contributed by atoms with Crippen LogP contribution in [-0.2, 0) is 17.8 Å². The van der Waals surface area contributed by atoms with Crippen molar-refractivity contribution >= 4 is 5.91 Å². The highest BCUT2D eigenvalue weighted by Gasteiger charge is 2.20. The molecule has 0 spiro atoms. The molecule has 0 fully saturated rings. The summed E-state index contributed by atoms with van der Waals surface area (Å²) in [5.41, 5.74) is 2.27. The fourth-order valence-corrected chi connectivity index (χ4v) is 4.06. The summed E-state index contributed by atoms with van der Waals surface area (Å²) in [4.78, 5) is 15.2. The van der Waals surface area contributed by atoms with E-state index >= 15 is 0 Å². The molecule has 1 unspecified atom stereocenters. The van der Waals surface area contributed by atoms with Gasteiger partial charge in [-0.2, -0.15) is 0 Å². The van der Waals surface area contributed by atoms with Gasteiger partial charge in [-0.05, 0) is 54.0 Å². The van der Waals surface area contributed by atoms with E-state index in [1.165, 1.54) is 5.56 Å². The van der Waals surface area contributed by atoms with Gasteiger partial charge < -0.3 is 19.1 Å². The number of hydrogen-bond donors (Lipinski definition) is 0. The SMILES string of the molecule is C.COc1ccccc1CCC(C)CC(=O)N(Cc1ccc2c(c1)OCCCO2)CC(C)C. The van der Waals surface area contributed by atoms with Crippen LogP contribution in [0.15, 0.2) is 42.5 Å². The van der Waals surface area contributed by atoms with Crippen LogP contribution in [0.5, 0.6) is 17.2 Å². The standard InChI is InChI=1S/C27H37NO4.CH4/c1-20(2)18-28(19-22-11-13-25-26(17-22)32-15-7-14-31-25)27(29)16-21(3)10-12-23-8-5-6-9-24(23)30-4;/h5-6,8-9,11,13,17,20-21H,7,10,12,14-16,18-19H2,1-4H3;1H4. The second kappa shape index (κ2) is 13.1. The molecule has 0 aliphatic carbocycles. The monoisotopic (exact) mass is 455 g/mol. The van der Waals surface area contributed by atoms with Gasteiger partial charge in [0.05, 0.1) is 20.3 Å². The third-order valence-corrected chi connectivity index (χ3v) is 5.75. The first kappa shape index (κ1) is 26.6. The lowest BCUT2D eigenvalue weighted by molar-refractivity contribution is -0.133. The molecule has 0 saturated heterocycles. The van der Waals surface area contributed by atoms with E-state index < -0.39 is 0 Å². The summed E-state index contributed by atoms with van der Waals surface area (Å²) in [5.74, 6) is 3.40. The number of hydrogen-bond acceptors (Lipinski definition) is 4. The Morgan fingerprint density at radius 3 is 2.52 bits per heavy atom. The molecular weight excluding hydrogens is 414 g/mol. The summed E-state index contributed by atoms with van der Waals surface area (Å²) in [5, 5.41) is 0. The molecule has 3 rings (SSSR count). The van der Waals surface area contributed by atoms with Crippen LogP contribution in [0.3, 0.4) is 0 Å². The lowest BCUT2D eigenvalue weighted by Gasteiger charge is -2.26. The van der Waals surface area contributed by atoms with E-state index in [4.69, 9.17) is 14.2 Å². The predicted octanol–water partition coefficient (Wildman–Crippen LogP) is 6.14. The van der Waals surface area contributed by atoms with Crippen LogP contribution in [0.4, 0.5) is 0 Å². The molecular formula is C28H41NO4. The van der Waals surface area contributed by atoms with E-state index in [0.717, 1.165) is 48.6 Å². The number of para-hydroxylation sites is 1. The zero-order valence-electron chi connectivity index (χ0n) is 19.9. The van der Waals surface area contributed by atoms with Gasteiger partial charge in [-0.1, -0.05) is 52.5 Å². The fourth-order valence-electron chi connectivity index (χ4n) is 4.06. The molecule has 33 heavy (non-hydrogen) atoms. The zero-order chi connectivity index (χ0) is 22.9. The molecule has 0 saturated carbocycles. The number of rotatable bonds is 10. The Hall–Kier alpha value is -2.69. The first-order chi connectivity index (χ1) is 15.5. The largest absolute Gasteiger partial charge is 0.496 e. The van der Waals surface area contributed by atoms with Gasteiger partial charge in [-0.3, -0.25) is 4.79 Å². The minimum Gasteiger partial charge on any atom is -0.496 e. The van der Waals surface area contributed by atoms with Crippen LogP contribution in [0.2, 0.25) is 0 Å². The highest BCUT2D eigenvalue weighted by molar-refractivity contribution is 5.76. The van der Waals surface area contributed by atoms with Crippen molar-refractivity contribution in [3.05, 3.63) is 53.6 Å². The fraction of sp³-hybridized carbons (Fsp3) is 0.536. The van der Waals surface area contributed by atoms with E-state index in [0.29, 0.717) is 38.0 Å². The summed E-state index contributed by atoms with van der Waals surface area (Å²) in [6.45, 7) is 9.14. The molecule has 0 aromatic heterocycles. The Bertz CT molecular complexity index is 880. The number of carbonyl (C=O) groups excluding carboxylic acids is 1. The maximum Gasteiger partial charge on any atom is 0.223 e. The van der Waals surface area contributed by atoms with Crippen LogP contribution in [0.25, 0.3) is 0 Å². The van der Waals surface area contributed by atoms with Crippen LogP contribution >= 0.6 is 0 Å². The molecule has 2 aromatic carbocycles. The van der Waals surface area contributed by atoms with Crippen molar-refractivity contribution in [2.24, 2.45) is 11.8 Å². The van der Waals surface area contributed by atoms with Crippen LogP contribution in [0, 0.1) is 11.8 Å². The minimum absolute atomic E-state index is 0. The molecule has 2 aromatic rings. The van der Waals surface area contributed by atoms with Crippen molar-refractivity contribution in [3.63, 3.8) is 0 Å². The first-order valence-corrected chi connectivity index (χ1v) is 11.7. The normalized spacial score (nSPS) is 13.6. The summed E-state index contributed by atoms with van der Waals surface area (Å²) in [6.07, 6.45) is 3.29. The van der Waals surface area contributed by atoms with Gasteiger partial charge in [0.1, 0.15) is 5.75 Å².